The van der Waals surface area contributed by atoms with Crippen LogP contribution in [0.3, 0.4) is 0 Å². The molecule has 2 fully saturated rings. The van der Waals surface area contributed by atoms with Gasteiger partial charge in [-0.3, -0.25) is 0 Å². The van der Waals surface area contributed by atoms with Gasteiger partial charge >= 0.3 is 11.9 Å². The fourth-order valence-corrected chi connectivity index (χ4v) is 9.33. The molecule has 9 rings (SSSR count). The van der Waals surface area contributed by atoms with Gasteiger partial charge in [0, 0.05) is 22.1 Å². The van der Waals surface area contributed by atoms with Crippen molar-refractivity contribution in [3.8, 4) is 22.6 Å². The van der Waals surface area contributed by atoms with Gasteiger partial charge < -0.3 is 14.2 Å². The lowest BCUT2D eigenvalue weighted by Gasteiger charge is -2.37. The number of methoxy groups -OCH3 is 1. The third-order valence-corrected chi connectivity index (χ3v) is 12.5. The Morgan fingerprint density at radius 1 is 0.614 bits per heavy atom. The minimum Gasteiger partial charge on any atom is -0.472 e. The first-order valence-electron chi connectivity index (χ1n) is 20.6. The summed E-state index contributed by atoms with van der Waals surface area (Å²) in [5.74, 6) is 1.51. The number of carbonyl (C=O) groups excluding carboxylic acids is 2. The molecule has 3 aliphatic rings. The van der Waals surface area contributed by atoms with Crippen molar-refractivity contribution in [2.45, 2.75) is 81.6 Å². The van der Waals surface area contributed by atoms with Gasteiger partial charge in [-0.15, -0.1) is 0 Å². The average molecular weight is 753 g/mol. The van der Waals surface area contributed by atoms with E-state index in [9.17, 15) is 9.59 Å². The Morgan fingerprint density at radius 3 is 1.84 bits per heavy atom. The number of hydrogen-bond acceptors (Lipinski definition) is 5. The van der Waals surface area contributed by atoms with Crippen molar-refractivity contribution in [2.24, 2.45) is 0 Å². The molecule has 1 atom stereocenters. The van der Waals surface area contributed by atoms with Gasteiger partial charge in [0.2, 0.25) is 0 Å². The van der Waals surface area contributed by atoms with E-state index in [4.69, 9.17) is 14.2 Å². The predicted octanol–water partition coefficient (Wildman–Crippen LogP) is 13.0. The van der Waals surface area contributed by atoms with Gasteiger partial charge in [0.15, 0.2) is 5.60 Å². The molecule has 0 amide bonds. The second-order valence-electron chi connectivity index (χ2n) is 16.0. The molecule has 5 nitrogen and oxygen atoms in total. The number of benzene rings is 6. The molecule has 6 aromatic carbocycles. The van der Waals surface area contributed by atoms with E-state index in [2.05, 4.69) is 72.8 Å². The summed E-state index contributed by atoms with van der Waals surface area (Å²) in [6, 6.07) is 42.8. The summed E-state index contributed by atoms with van der Waals surface area (Å²) < 4.78 is 18.3. The minimum absolute atomic E-state index is 0.371. The largest absolute Gasteiger partial charge is 0.472 e. The van der Waals surface area contributed by atoms with Crippen LogP contribution < -0.4 is 9.47 Å². The molecule has 286 valence electrons. The average Bonchev–Trinajstić information content (AvgIpc) is 3.29. The highest BCUT2D eigenvalue weighted by Gasteiger charge is 2.39. The fraction of sp³-hybridized carbons (Fsp3) is 0.269. The van der Waals surface area contributed by atoms with E-state index in [1.54, 1.807) is 0 Å². The molecule has 57 heavy (non-hydrogen) atoms. The molecule has 0 spiro atoms. The molecule has 0 bridgehead atoms. The number of carbonyl (C=O) groups is 2. The van der Waals surface area contributed by atoms with Gasteiger partial charge in [0.25, 0.3) is 0 Å². The molecule has 2 aliphatic carbocycles. The van der Waals surface area contributed by atoms with Crippen LogP contribution in [-0.2, 0) is 10.3 Å². The van der Waals surface area contributed by atoms with Crippen LogP contribution in [0.4, 0.5) is 0 Å². The summed E-state index contributed by atoms with van der Waals surface area (Å²) in [6.45, 7) is 0. The molecule has 0 N–H and O–H groups in total. The second-order valence-corrected chi connectivity index (χ2v) is 16.0. The molecule has 1 heterocycles. The van der Waals surface area contributed by atoms with Crippen molar-refractivity contribution in [3.63, 3.8) is 0 Å². The van der Waals surface area contributed by atoms with Crippen LogP contribution in [0.1, 0.15) is 125 Å². The fourth-order valence-electron chi connectivity index (χ4n) is 9.33. The molecular weight excluding hydrogens is 705 g/mol. The number of fused-ring (bicyclic) bond motifs is 3. The third-order valence-electron chi connectivity index (χ3n) is 12.5. The Morgan fingerprint density at radius 2 is 1.21 bits per heavy atom. The highest BCUT2D eigenvalue weighted by molar-refractivity contribution is 6.05. The minimum atomic E-state index is -0.912. The molecular formula is C52H48O5. The maximum absolute atomic E-state index is 13.3. The molecule has 0 radical (unpaired) electrons. The monoisotopic (exact) mass is 752 g/mol. The predicted molar refractivity (Wildman–Crippen MR) is 227 cm³/mol. The van der Waals surface area contributed by atoms with Crippen LogP contribution >= 0.6 is 0 Å². The zero-order valence-electron chi connectivity index (χ0n) is 32.5. The zero-order chi connectivity index (χ0) is 38.8. The number of hydrogen-bond donors (Lipinski definition) is 0. The molecule has 1 unspecified atom stereocenters. The lowest BCUT2D eigenvalue weighted by molar-refractivity contribution is 0.0598. The van der Waals surface area contributed by atoms with E-state index in [1.807, 2.05) is 66.7 Å². The summed E-state index contributed by atoms with van der Waals surface area (Å²) in [6.07, 6.45) is 16.8. The normalized spacial score (nSPS) is 18.4. The Labute approximate surface area is 335 Å². The van der Waals surface area contributed by atoms with Gasteiger partial charge in [-0.2, -0.15) is 0 Å². The van der Waals surface area contributed by atoms with Gasteiger partial charge in [0.1, 0.15) is 11.5 Å². The summed E-state index contributed by atoms with van der Waals surface area (Å²) in [5.41, 5.74) is 7.40. The molecule has 5 heteroatoms. The summed E-state index contributed by atoms with van der Waals surface area (Å²) in [7, 11) is 1.41. The van der Waals surface area contributed by atoms with E-state index in [-0.39, 0.29) is 5.97 Å². The highest BCUT2D eigenvalue weighted by atomic mass is 16.5. The van der Waals surface area contributed by atoms with Gasteiger partial charge in [-0.1, -0.05) is 130 Å². The molecule has 1 aliphatic heterocycles. The van der Waals surface area contributed by atoms with Crippen LogP contribution in [0, 0.1) is 0 Å². The first-order chi connectivity index (χ1) is 28.0. The zero-order valence-corrected chi connectivity index (χ0v) is 32.5. The Hall–Kier alpha value is -5.94. The van der Waals surface area contributed by atoms with Crippen molar-refractivity contribution < 1.29 is 23.8 Å². The van der Waals surface area contributed by atoms with Crippen molar-refractivity contribution in [1.29, 1.82) is 0 Å². The Kier molecular flexibility index (Phi) is 10.2. The quantitative estimate of drug-likeness (QED) is 0.114. The lowest BCUT2D eigenvalue weighted by Crippen LogP contribution is -2.34. The summed E-state index contributed by atoms with van der Waals surface area (Å²) in [5, 5.41) is 1.74. The first kappa shape index (κ1) is 36.7. The van der Waals surface area contributed by atoms with Crippen LogP contribution in [0.2, 0.25) is 0 Å². The van der Waals surface area contributed by atoms with Crippen LogP contribution in [-0.4, -0.2) is 19.0 Å². The molecule has 6 aromatic rings. The number of ether oxygens (including phenoxy) is 3. The van der Waals surface area contributed by atoms with E-state index in [1.165, 1.54) is 82.4 Å². The van der Waals surface area contributed by atoms with E-state index in [0.717, 1.165) is 33.0 Å². The van der Waals surface area contributed by atoms with Crippen LogP contribution in [0.5, 0.6) is 11.5 Å². The number of esters is 2. The topological polar surface area (TPSA) is 61.8 Å². The third kappa shape index (κ3) is 7.28. The Balaban J connectivity index is 1.02. The molecule has 2 saturated carbocycles. The lowest BCUT2D eigenvalue weighted by atomic mass is 9.80. The SMILES string of the molecule is COC(=O)c1cc2cc(-c3ccc(OC(=O)c4ccc(C5CCCCC5)cc4)cc3)ccc2c2c1C=CC(c1ccccc1)(c1ccc(C3CCCCC3)cc1)O2. The van der Waals surface area contributed by atoms with Crippen molar-refractivity contribution in [3.05, 3.63) is 172 Å². The van der Waals surface area contributed by atoms with Gasteiger partial charge in [0.05, 0.1) is 18.2 Å². The van der Waals surface area contributed by atoms with Crippen molar-refractivity contribution in [1.82, 2.24) is 0 Å². The van der Waals surface area contributed by atoms with Crippen molar-refractivity contribution in [2.75, 3.05) is 7.11 Å². The van der Waals surface area contributed by atoms with Crippen molar-refractivity contribution >= 4 is 28.8 Å². The second kappa shape index (κ2) is 15.9. The van der Waals surface area contributed by atoms with Gasteiger partial charge in [-0.25, -0.2) is 9.59 Å². The molecule has 0 aromatic heterocycles. The van der Waals surface area contributed by atoms with Crippen LogP contribution in [0.25, 0.3) is 28.0 Å². The maximum Gasteiger partial charge on any atom is 0.343 e. The first-order valence-corrected chi connectivity index (χ1v) is 20.6. The van der Waals surface area contributed by atoms with E-state index in [0.29, 0.717) is 40.0 Å². The maximum atomic E-state index is 13.3. The standard InChI is InChI=1S/C52H48O5/c1-55-51(54)48-34-42-33-41(39-23-28-45(29-24-39)56-50(53)40-19-17-37(18-20-40)35-11-5-2-6-12-35)25-30-46(42)49-47(48)31-32-52(57-49,43-15-9-4-10-16-43)44-26-21-38(22-27-44)36-13-7-3-8-14-36/h4,9-10,15-36H,2-3,5-8,11-14H2,1H3. The smallest absolute Gasteiger partial charge is 0.343 e. The van der Waals surface area contributed by atoms with E-state index < -0.39 is 11.6 Å². The molecule has 0 saturated heterocycles. The summed E-state index contributed by atoms with van der Waals surface area (Å²) in [4.78, 5) is 26.4. The number of rotatable bonds is 8. The highest BCUT2D eigenvalue weighted by Crippen LogP contribution is 2.47. The Bertz CT molecular complexity index is 2420. The van der Waals surface area contributed by atoms with Crippen LogP contribution in [0.15, 0.2) is 133 Å². The van der Waals surface area contributed by atoms with E-state index >= 15 is 0 Å². The van der Waals surface area contributed by atoms with Gasteiger partial charge in [-0.05, 0) is 114 Å². The summed E-state index contributed by atoms with van der Waals surface area (Å²) >= 11 is 0.